The molecule has 3 aliphatic heterocycles. The van der Waals surface area contributed by atoms with Gasteiger partial charge in [0.05, 0.1) is 6.61 Å². The first-order chi connectivity index (χ1) is 9.20. The molecule has 3 aliphatic rings. The van der Waals surface area contributed by atoms with Crippen molar-refractivity contribution in [3.05, 3.63) is 0 Å². The standard InChI is InChI=1S/C14H24N2O3/c17-13(18)14(4-2-8-19-11-14)10-15-6-7-16-5-1-3-12(16)9-15/h12H,1-11H2,(H,17,18). The van der Waals surface area contributed by atoms with Crippen molar-refractivity contribution in [3.8, 4) is 0 Å². The van der Waals surface area contributed by atoms with Gasteiger partial charge in [0.1, 0.15) is 5.41 Å². The average Bonchev–Trinajstić information content (AvgIpc) is 2.87. The third-order valence-electron chi connectivity index (χ3n) is 4.97. The number of carboxylic acids is 1. The molecule has 0 aromatic rings. The number of carbonyl (C=O) groups is 1. The molecule has 5 nitrogen and oxygen atoms in total. The van der Waals surface area contributed by atoms with Crippen LogP contribution in [0.15, 0.2) is 0 Å². The predicted octanol–water partition coefficient (Wildman–Crippen LogP) is 0.648. The molecular weight excluding hydrogens is 244 g/mol. The molecule has 5 heteroatoms. The third-order valence-corrected chi connectivity index (χ3v) is 4.97. The van der Waals surface area contributed by atoms with Gasteiger partial charge in [-0.05, 0) is 32.2 Å². The second-order valence-electron chi connectivity index (χ2n) is 6.31. The van der Waals surface area contributed by atoms with Gasteiger partial charge in [0.25, 0.3) is 0 Å². The summed E-state index contributed by atoms with van der Waals surface area (Å²) in [6.07, 6.45) is 4.20. The highest BCUT2D eigenvalue weighted by Crippen LogP contribution is 2.32. The Bertz CT molecular complexity index is 342. The Hall–Kier alpha value is -0.650. The lowest BCUT2D eigenvalue weighted by molar-refractivity contribution is -0.160. The Labute approximate surface area is 114 Å². The van der Waals surface area contributed by atoms with Crippen LogP contribution in [0.4, 0.5) is 0 Å². The van der Waals surface area contributed by atoms with Crippen LogP contribution in [-0.2, 0) is 9.53 Å². The molecule has 0 bridgehead atoms. The molecule has 0 radical (unpaired) electrons. The lowest BCUT2D eigenvalue weighted by Gasteiger charge is -2.42. The normalized spacial score (nSPS) is 37.2. The lowest BCUT2D eigenvalue weighted by atomic mass is 9.81. The summed E-state index contributed by atoms with van der Waals surface area (Å²) in [7, 11) is 0. The highest BCUT2D eigenvalue weighted by molar-refractivity contribution is 5.75. The van der Waals surface area contributed by atoms with Crippen molar-refractivity contribution in [1.82, 2.24) is 9.80 Å². The summed E-state index contributed by atoms with van der Waals surface area (Å²) in [5.41, 5.74) is -0.668. The largest absolute Gasteiger partial charge is 0.481 e. The molecule has 108 valence electrons. The van der Waals surface area contributed by atoms with Gasteiger partial charge in [-0.25, -0.2) is 0 Å². The Balaban J connectivity index is 1.64. The second-order valence-corrected chi connectivity index (χ2v) is 6.31. The number of nitrogens with zero attached hydrogens (tertiary/aromatic N) is 2. The van der Waals surface area contributed by atoms with E-state index in [1.54, 1.807) is 0 Å². The number of fused-ring (bicyclic) bond motifs is 1. The molecule has 1 N–H and O–H groups in total. The van der Waals surface area contributed by atoms with Crippen LogP contribution in [0.5, 0.6) is 0 Å². The van der Waals surface area contributed by atoms with Gasteiger partial charge in [-0.2, -0.15) is 0 Å². The Morgan fingerprint density at radius 3 is 2.95 bits per heavy atom. The van der Waals surface area contributed by atoms with Gasteiger partial charge in [-0.1, -0.05) is 0 Å². The summed E-state index contributed by atoms with van der Waals surface area (Å²) < 4.78 is 5.46. The zero-order chi connectivity index (χ0) is 13.3. The lowest BCUT2D eigenvalue weighted by Crippen LogP contribution is -2.55. The van der Waals surface area contributed by atoms with Gasteiger partial charge in [0.15, 0.2) is 0 Å². The van der Waals surface area contributed by atoms with E-state index in [1.807, 2.05) is 0 Å². The number of carboxylic acid groups (broad SMARTS) is 1. The van der Waals surface area contributed by atoms with Crippen LogP contribution < -0.4 is 0 Å². The molecule has 0 amide bonds. The van der Waals surface area contributed by atoms with Crippen molar-refractivity contribution in [3.63, 3.8) is 0 Å². The maximum atomic E-state index is 11.7. The van der Waals surface area contributed by atoms with Crippen LogP contribution in [-0.4, -0.2) is 72.9 Å². The minimum absolute atomic E-state index is 0.382. The van der Waals surface area contributed by atoms with Crippen LogP contribution in [0.1, 0.15) is 25.7 Å². The fourth-order valence-electron chi connectivity index (χ4n) is 3.84. The van der Waals surface area contributed by atoms with E-state index in [1.165, 1.54) is 19.4 Å². The van der Waals surface area contributed by atoms with Crippen LogP contribution in [0.3, 0.4) is 0 Å². The van der Waals surface area contributed by atoms with Crippen LogP contribution >= 0.6 is 0 Å². The molecule has 0 aromatic heterocycles. The van der Waals surface area contributed by atoms with Gasteiger partial charge in [0, 0.05) is 38.8 Å². The minimum atomic E-state index is -0.680. The molecule has 19 heavy (non-hydrogen) atoms. The monoisotopic (exact) mass is 268 g/mol. The molecule has 0 saturated carbocycles. The molecule has 0 spiro atoms. The minimum Gasteiger partial charge on any atom is -0.481 e. The molecule has 2 unspecified atom stereocenters. The zero-order valence-corrected chi connectivity index (χ0v) is 11.5. The van der Waals surface area contributed by atoms with Crippen molar-refractivity contribution >= 4 is 5.97 Å². The molecular formula is C14H24N2O3. The number of aliphatic carboxylic acids is 1. The first-order valence-electron chi connectivity index (χ1n) is 7.47. The van der Waals surface area contributed by atoms with E-state index in [0.717, 1.165) is 32.5 Å². The molecule has 3 heterocycles. The first kappa shape index (κ1) is 13.3. The van der Waals surface area contributed by atoms with E-state index in [9.17, 15) is 9.90 Å². The van der Waals surface area contributed by atoms with E-state index < -0.39 is 11.4 Å². The van der Waals surface area contributed by atoms with Gasteiger partial charge in [-0.15, -0.1) is 0 Å². The Kier molecular flexibility index (Phi) is 3.78. The van der Waals surface area contributed by atoms with E-state index in [2.05, 4.69) is 9.80 Å². The Morgan fingerprint density at radius 1 is 1.32 bits per heavy atom. The maximum absolute atomic E-state index is 11.7. The molecule has 3 rings (SSSR count). The van der Waals surface area contributed by atoms with Gasteiger partial charge in [0.2, 0.25) is 0 Å². The van der Waals surface area contributed by atoms with E-state index >= 15 is 0 Å². The van der Waals surface area contributed by atoms with Gasteiger partial charge >= 0.3 is 5.97 Å². The molecule has 0 aliphatic carbocycles. The third kappa shape index (κ3) is 2.64. The quantitative estimate of drug-likeness (QED) is 0.814. The van der Waals surface area contributed by atoms with Crippen molar-refractivity contribution in [1.29, 1.82) is 0 Å². The summed E-state index contributed by atoms with van der Waals surface area (Å²) in [4.78, 5) is 16.6. The summed E-state index contributed by atoms with van der Waals surface area (Å²) in [6, 6.07) is 0.657. The van der Waals surface area contributed by atoms with Crippen molar-refractivity contribution in [2.24, 2.45) is 5.41 Å². The fourth-order valence-corrected chi connectivity index (χ4v) is 3.84. The average molecular weight is 268 g/mol. The summed E-state index contributed by atoms with van der Waals surface area (Å²) in [6.45, 7) is 6.12. The SMILES string of the molecule is O=C(O)C1(CN2CCN3CCCC3C2)CCCOC1. The van der Waals surface area contributed by atoms with E-state index in [-0.39, 0.29) is 0 Å². The van der Waals surface area contributed by atoms with Crippen molar-refractivity contribution < 1.29 is 14.6 Å². The number of hydrogen-bond donors (Lipinski definition) is 1. The summed E-state index contributed by atoms with van der Waals surface area (Å²) in [5, 5.41) is 9.59. The van der Waals surface area contributed by atoms with E-state index in [0.29, 0.717) is 25.8 Å². The summed E-state index contributed by atoms with van der Waals surface area (Å²) in [5.74, 6) is -0.680. The maximum Gasteiger partial charge on any atom is 0.313 e. The molecule has 3 saturated heterocycles. The summed E-state index contributed by atoms with van der Waals surface area (Å²) >= 11 is 0. The first-order valence-corrected chi connectivity index (χ1v) is 7.47. The predicted molar refractivity (Wildman–Crippen MR) is 71.2 cm³/mol. The van der Waals surface area contributed by atoms with Gasteiger partial charge in [-0.3, -0.25) is 14.6 Å². The highest BCUT2D eigenvalue weighted by atomic mass is 16.5. The number of ether oxygens (including phenoxy) is 1. The smallest absolute Gasteiger partial charge is 0.313 e. The highest BCUT2D eigenvalue weighted by Gasteiger charge is 2.43. The fraction of sp³-hybridized carbons (Fsp3) is 0.929. The van der Waals surface area contributed by atoms with E-state index in [4.69, 9.17) is 4.74 Å². The topological polar surface area (TPSA) is 53.0 Å². The van der Waals surface area contributed by atoms with Crippen LogP contribution in [0, 0.1) is 5.41 Å². The molecule has 2 atom stereocenters. The number of rotatable bonds is 3. The number of piperazine rings is 1. The van der Waals surface area contributed by atoms with Crippen LogP contribution in [0.25, 0.3) is 0 Å². The van der Waals surface area contributed by atoms with Gasteiger partial charge < -0.3 is 9.84 Å². The zero-order valence-electron chi connectivity index (χ0n) is 11.5. The molecule has 0 aromatic carbocycles. The van der Waals surface area contributed by atoms with Crippen molar-refractivity contribution in [2.75, 3.05) is 45.9 Å². The van der Waals surface area contributed by atoms with Crippen LogP contribution in [0.2, 0.25) is 0 Å². The molecule has 3 fully saturated rings. The number of hydrogen-bond acceptors (Lipinski definition) is 4. The Morgan fingerprint density at radius 2 is 2.21 bits per heavy atom. The second kappa shape index (κ2) is 5.38. The van der Waals surface area contributed by atoms with Crippen molar-refractivity contribution in [2.45, 2.75) is 31.7 Å².